The number of esters is 1. The zero-order valence-electron chi connectivity index (χ0n) is 14.6. The second-order valence-electron chi connectivity index (χ2n) is 6.31. The summed E-state index contributed by atoms with van der Waals surface area (Å²) in [6, 6.07) is 18.8. The molecule has 3 aromatic carbocycles. The van der Waals surface area contributed by atoms with Gasteiger partial charge in [-0.1, -0.05) is 41.1 Å². The average molecular weight is 361 g/mol. The van der Waals surface area contributed by atoms with Crippen molar-refractivity contribution in [2.24, 2.45) is 0 Å². The van der Waals surface area contributed by atoms with Crippen molar-refractivity contribution in [1.82, 2.24) is 5.16 Å². The van der Waals surface area contributed by atoms with Crippen LogP contribution in [0.25, 0.3) is 11.0 Å². The van der Waals surface area contributed by atoms with Crippen molar-refractivity contribution in [3.8, 4) is 5.75 Å². The highest BCUT2D eigenvalue weighted by atomic mass is 19.1. The molecule has 0 aliphatic carbocycles. The van der Waals surface area contributed by atoms with Gasteiger partial charge in [-0.3, -0.25) is 0 Å². The van der Waals surface area contributed by atoms with Gasteiger partial charge in [0, 0.05) is 17.9 Å². The largest absolute Gasteiger partial charge is 0.423 e. The summed E-state index contributed by atoms with van der Waals surface area (Å²) in [6.45, 7) is 1.91. The Balaban J connectivity index is 1.57. The minimum absolute atomic E-state index is 0.280. The molecule has 0 unspecified atom stereocenters. The number of fused-ring (bicyclic) bond motifs is 1. The molecule has 27 heavy (non-hydrogen) atoms. The molecular weight excluding hydrogens is 345 g/mol. The van der Waals surface area contributed by atoms with E-state index < -0.39 is 5.97 Å². The number of ether oxygens (including phenoxy) is 1. The third-order valence-electron chi connectivity index (χ3n) is 4.30. The van der Waals surface area contributed by atoms with E-state index in [1.807, 2.05) is 13.0 Å². The van der Waals surface area contributed by atoms with Crippen molar-refractivity contribution in [3.63, 3.8) is 0 Å². The Bertz CT molecular complexity index is 1130. The molecule has 0 radical (unpaired) electrons. The number of nitrogens with zero attached hydrogens (tertiary/aromatic N) is 1. The molecule has 0 N–H and O–H groups in total. The van der Waals surface area contributed by atoms with Crippen LogP contribution in [0, 0.1) is 12.7 Å². The second kappa shape index (κ2) is 7.03. The van der Waals surface area contributed by atoms with Gasteiger partial charge in [0.25, 0.3) is 0 Å². The monoisotopic (exact) mass is 361 g/mol. The van der Waals surface area contributed by atoms with Crippen molar-refractivity contribution < 1.29 is 18.4 Å². The number of benzene rings is 3. The smallest absolute Gasteiger partial charge is 0.343 e. The van der Waals surface area contributed by atoms with Crippen molar-refractivity contribution >= 4 is 16.9 Å². The Kier molecular flexibility index (Phi) is 4.42. The van der Waals surface area contributed by atoms with E-state index in [1.165, 1.54) is 6.07 Å². The Morgan fingerprint density at radius 2 is 1.93 bits per heavy atom. The predicted molar refractivity (Wildman–Crippen MR) is 99.4 cm³/mol. The van der Waals surface area contributed by atoms with Gasteiger partial charge in [-0.15, -0.1) is 0 Å². The fourth-order valence-corrected chi connectivity index (χ4v) is 2.92. The first-order chi connectivity index (χ1) is 13.1. The highest BCUT2D eigenvalue weighted by Gasteiger charge is 2.14. The van der Waals surface area contributed by atoms with Crippen LogP contribution in [-0.2, 0) is 6.42 Å². The van der Waals surface area contributed by atoms with Crippen LogP contribution >= 0.6 is 0 Å². The molecule has 0 amide bonds. The second-order valence-corrected chi connectivity index (χ2v) is 6.31. The summed E-state index contributed by atoms with van der Waals surface area (Å²) in [5, 5.41) is 4.80. The van der Waals surface area contributed by atoms with Crippen molar-refractivity contribution in [3.05, 3.63) is 94.9 Å². The standard InChI is InChI=1S/C22H16FNO3/c1-14-5-4-7-16(11-14)22(25)26-17-9-10-18-20(24-27-21(18)13-17)12-15-6-2-3-8-19(15)23/h2-11,13H,12H2,1H3. The van der Waals surface area contributed by atoms with E-state index in [0.717, 1.165) is 10.9 Å². The van der Waals surface area contributed by atoms with Crippen molar-refractivity contribution in [1.29, 1.82) is 0 Å². The molecule has 0 aliphatic heterocycles. The van der Waals surface area contributed by atoms with Gasteiger partial charge in [-0.25, -0.2) is 9.18 Å². The van der Waals surface area contributed by atoms with E-state index in [1.54, 1.807) is 54.6 Å². The highest BCUT2D eigenvalue weighted by Crippen LogP contribution is 2.26. The van der Waals surface area contributed by atoms with E-state index in [2.05, 4.69) is 5.16 Å². The zero-order chi connectivity index (χ0) is 18.8. The van der Waals surface area contributed by atoms with Crippen LogP contribution in [-0.4, -0.2) is 11.1 Å². The lowest BCUT2D eigenvalue weighted by Gasteiger charge is -2.05. The third-order valence-corrected chi connectivity index (χ3v) is 4.30. The maximum absolute atomic E-state index is 13.9. The SMILES string of the molecule is Cc1cccc(C(=O)Oc2ccc3c(Cc4ccccc4F)noc3c2)c1. The van der Waals surface area contributed by atoms with Crippen LogP contribution in [0.2, 0.25) is 0 Å². The fourth-order valence-electron chi connectivity index (χ4n) is 2.92. The Hall–Kier alpha value is -3.47. The fraction of sp³-hybridized carbons (Fsp3) is 0.0909. The van der Waals surface area contributed by atoms with E-state index in [4.69, 9.17) is 9.26 Å². The van der Waals surface area contributed by atoms with Gasteiger partial charge >= 0.3 is 5.97 Å². The number of hydrogen-bond acceptors (Lipinski definition) is 4. The summed E-state index contributed by atoms with van der Waals surface area (Å²) in [4.78, 5) is 12.3. The lowest BCUT2D eigenvalue weighted by atomic mass is 10.1. The van der Waals surface area contributed by atoms with Gasteiger partial charge in [0.15, 0.2) is 5.58 Å². The van der Waals surface area contributed by atoms with Gasteiger partial charge in [0.2, 0.25) is 0 Å². The first-order valence-corrected chi connectivity index (χ1v) is 8.51. The van der Waals surface area contributed by atoms with Crippen LogP contribution < -0.4 is 4.74 Å². The number of aromatic nitrogens is 1. The molecule has 1 heterocycles. The van der Waals surface area contributed by atoms with Crippen LogP contribution in [0.15, 0.2) is 71.3 Å². The lowest BCUT2D eigenvalue weighted by molar-refractivity contribution is 0.0735. The summed E-state index contributed by atoms with van der Waals surface area (Å²) < 4.78 is 24.6. The summed E-state index contributed by atoms with van der Waals surface area (Å²) in [6.07, 6.45) is 0.322. The van der Waals surface area contributed by atoms with E-state index >= 15 is 0 Å². The molecule has 0 bridgehead atoms. The number of carbonyl (C=O) groups excluding carboxylic acids is 1. The molecule has 0 fully saturated rings. The van der Waals surface area contributed by atoms with Crippen LogP contribution in [0.1, 0.15) is 27.2 Å². The molecule has 5 heteroatoms. The summed E-state index contributed by atoms with van der Waals surface area (Å²) in [5.41, 5.74) is 3.12. The first kappa shape index (κ1) is 17.0. The number of aryl methyl sites for hydroxylation is 1. The Morgan fingerprint density at radius 1 is 1.07 bits per heavy atom. The number of carbonyl (C=O) groups is 1. The third kappa shape index (κ3) is 3.58. The topological polar surface area (TPSA) is 52.3 Å². The summed E-state index contributed by atoms with van der Waals surface area (Å²) in [7, 11) is 0. The molecule has 4 rings (SSSR count). The lowest BCUT2D eigenvalue weighted by Crippen LogP contribution is -2.08. The molecule has 134 valence electrons. The summed E-state index contributed by atoms with van der Waals surface area (Å²) in [5.74, 6) is -0.357. The minimum atomic E-state index is -0.441. The predicted octanol–water partition coefficient (Wildman–Crippen LogP) is 5.09. The molecule has 0 saturated carbocycles. The highest BCUT2D eigenvalue weighted by molar-refractivity contribution is 5.92. The van der Waals surface area contributed by atoms with Crippen molar-refractivity contribution in [2.45, 2.75) is 13.3 Å². The molecule has 4 aromatic rings. The minimum Gasteiger partial charge on any atom is -0.423 e. The van der Waals surface area contributed by atoms with Gasteiger partial charge in [-0.2, -0.15) is 0 Å². The zero-order valence-corrected chi connectivity index (χ0v) is 14.6. The summed E-state index contributed by atoms with van der Waals surface area (Å²) >= 11 is 0. The van der Waals surface area contributed by atoms with E-state index in [9.17, 15) is 9.18 Å². The van der Waals surface area contributed by atoms with Crippen molar-refractivity contribution in [2.75, 3.05) is 0 Å². The van der Waals surface area contributed by atoms with E-state index in [-0.39, 0.29) is 5.82 Å². The Morgan fingerprint density at radius 3 is 2.74 bits per heavy atom. The van der Waals surface area contributed by atoms with Gasteiger partial charge < -0.3 is 9.26 Å². The van der Waals surface area contributed by atoms with Gasteiger partial charge in [0.1, 0.15) is 11.6 Å². The number of hydrogen-bond donors (Lipinski definition) is 0. The molecule has 4 nitrogen and oxygen atoms in total. The molecule has 0 atom stereocenters. The first-order valence-electron chi connectivity index (χ1n) is 8.51. The molecule has 1 aromatic heterocycles. The molecule has 0 aliphatic rings. The molecule has 0 spiro atoms. The van der Waals surface area contributed by atoms with Crippen LogP contribution in [0.5, 0.6) is 5.75 Å². The average Bonchev–Trinajstić information content (AvgIpc) is 3.06. The number of halogens is 1. The normalized spacial score (nSPS) is 10.9. The van der Waals surface area contributed by atoms with Gasteiger partial charge in [0.05, 0.1) is 11.3 Å². The number of rotatable bonds is 4. The van der Waals surface area contributed by atoms with Crippen LogP contribution in [0.3, 0.4) is 0 Å². The maximum Gasteiger partial charge on any atom is 0.343 e. The Labute approximate surface area is 155 Å². The quantitative estimate of drug-likeness (QED) is 0.375. The molecule has 0 saturated heterocycles. The molecular formula is C22H16FNO3. The van der Waals surface area contributed by atoms with Crippen LogP contribution in [0.4, 0.5) is 4.39 Å². The van der Waals surface area contributed by atoms with Gasteiger partial charge in [-0.05, 0) is 42.8 Å². The van der Waals surface area contributed by atoms with E-state index in [0.29, 0.717) is 34.6 Å². The maximum atomic E-state index is 13.9.